The fourth-order valence-electron chi connectivity index (χ4n) is 3.64. The van der Waals surface area contributed by atoms with Gasteiger partial charge in [-0.05, 0) is 31.6 Å². The van der Waals surface area contributed by atoms with E-state index in [1.54, 1.807) is 0 Å². The van der Waals surface area contributed by atoms with Gasteiger partial charge in [-0.2, -0.15) is 0 Å². The predicted octanol–water partition coefficient (Wildman–Crippen LogP) is 9.24. The van der Waals surface area contributed by atoms with Crippen LogP contribution in [0.15, 0.2) is 12.2 Å². The Balaban J connectivity index is 3.17. The maximum Gasteiger partial charge on any atom is -0.0351 e. The predicted molar refractivity (Wildman–Crippen MR) is 113 cm³/mol. The minimum atomic E-state index is 1.01. The maximum absolute atomic E-state index is 2.43. The zero-order chi connectivity index (χ0) is 17.7. The highest BCUT2D eigenvalue weighted by Crippen LogP contribution is 2.19. The summed E-state index contributed by atoms with van der Waals surface area (Å²) in [5, 5.41) is 0. The Hall–Kier alpha value is -0.260. The van der Waals surface area contributed by atoms with Crippen molar-refractivity contribution in [2.75, 3.05) is 0 Å². The first-order valence-corrected chi connectivity index (χ1v) is 11.5. The number of unbranched alkanes of at least 4 members (excludes halogenated alkanes) is 12. The average molecular weight is 337 g/mol. The quantitative estimate of drug-likeness (QED) is 0.163. The summed E-state index contributed by atoms with van der Waals surface area (Å²) in [5.41, 5.74) is 0. The van der Waals surface area contributed by atoms with Crippen molar-refractivity contribution in [3.63, 3.8) is 0 Å². The van der Waals surface area contributed by atoms with Crippen molar-refractivity contribution in [1.82, 2.24) is 0 Å². The SMILES string of the molecule is CCCCCCCC/C=C\CCCCCCCCC(CC)CCC. The molecule has 0 radical (unpaired) electrons. The van der Waals surface area contributed by atoms with E-state index >= 15 is 0 Å². The van der Waals surface area contributed by atoms with Gasteiger partial charge in [0.25, 0.3) is 0 Å². The van der Waals surface area contributed by atoms with Crippen molar-refractivity contribution in [3.8, 4) is 0 Å². The van der Waals surface area contributed by atoms with E-state index < -0.39 is 0 Å². The van der Waals surface area contributed by atoms with E-state index in [0.29, 0.717) is 0 Å². The Morgan fingerprint density at radius 3 is 1.50 bits per heavy atom. The minimum Gasteiger partial charge on any atom is -0.0885 e. The molecular formula is C24H48. The second-order valence-electron chi connectivity index (χ2n) is 7.79. The van der Waals surface area contributed by atoms with Gasteiger partial charge in [0.15, 0.2) is 0 Å². The molecule has 0 bridgehead atoms. The summed E-state index contributed by atoms with van der Waals surface area (Å²) in [6.45, 7) is 6.98. The lowest BCUT2D eigenvalue weighted by Crippen LogP contribution is -1.97. The molecule has 1 atom stereocenters. The van der Waals surface area contributed by atoms with Gasteiger partial charge < -0.3 is 0 Å². The Kier molecular flexibility index (Phi) is 20.6. The zero-order valence-corrected chi connectivity index (χ0v) is 17.5. The molecule has 0 aromatic rings. The van der Waals surface area contributed by atoms with Gasteiger partial charge in [-0.15, -0.1) is 0 Å². The lowest BCUT2D eigenvalue weighted by molar-refractivity contribution is 0.408. The van der Waals surface area contributed by atoms with Crippen LogP contribution in [0.5, 0.6) is 0 Å². The number of rotatable bonds is 19. The van der Waals surface area contributed by atoms with Crippen LogP contribution in [0.4, 0.5) is 0 Å². The Labute approximate surface area is 154 Å². The average Bonchev–Trinajstić information content (AvgIpc) is 2.60. The summed E-state index contributed by atoms with van der Waals surface area (Å²) in [5.74, 6) is 1.01. The molecule has 0 rings (SSSR count). The molecule has 0 aliphatic rings. The van der Waals surface area contributed by atoms with Gasteiger partial charge in [0, 0.05) is 0 Å². The van der Waals surface area contributed by atoms with Crippen LogP contribution in [0.1, 0.15) is 136 Å². The molecule has 0 fully saturated rings. The number of allylic oxidation sites excluding steroid dienone is 2. The highest BCUT2D eigenvalue weighted by atomic mass is 14.1. The third kappa shape index (κ3) is 18.1. The Morgan fingerprint density at radius 1 is 0.500 bits per heavy atom. The van der Waals surface area contributed by atoms with E-state index in [0.717, 1.165) is 5.92 Å². The largest absolute Gasteiger partial charge is 0.0885 e. The van der Waals surface area contributed by atoms with Gasteiger partial charge in [0.1, 0.15) is 0 Å². The molecule has 144 valence electrons. The zero-order valence-electron chi connectivity index (χ0n) is 17.5. The molecule has 0 amide bonds. The smallest absolute Gasteiger partial charge is 0.0351 e. The first-order valence-electron chi connectivity index (χ1n) is 11.5. The molecule has 0 heterocycles. The summed E-state index contributed by atoms with van der Waals surface area (Å²) in [7, 11) is 0. The highest BCUT2D eigenvalue weighted by Gasteiger charge is 2.03. The van der Waals surface area contributed by atoms with Crippen LogP contribution in [-0.2, 0) is 0 Å². The fourth-order valence-corrected chi connectivity index (χ4v) is 3.64. The van der Waals surface area contributed by atoms with Crippen LogP contribution in [0, 0.1) is 5.92 Å². The molecular weight excluding hydrogens is 288 g/mol. The molecule has 0 nitrogen and oxygen atoms in total. The summed E-state index contributed by atoms with van der Waals surface area (Å²) in [4.78, 5) is 0. The van der Waals surface area contributed by atoms with E-state index in [2.05, 4.69) is 32.9 Å². The summed E-state index contributed by atoms with van der Waals surface area (Å²) < 4.78 is 0. The monoisotopic (exact) mass is 336 g/mol. The second-order valence-corrected chi connectivity index (χ2v) is 7.79. The molecule has 0 aliphatic carbocycles. The molecule has 0 aliphatic heterocycles. The van der Waals surface area contributed by atoms with E-state index in [-0.39, 0.29) is 0 Å². The lowest BCUT2D eigenvalue weighted by Gasteiger charge is -2.12. The van der Waals surface area contributed by atoms with E-state index in [9.17, 15) is 0 Å². The molecule has 24 heavy (non-hydrogen) atoms. The third-order valence-corrected chi connectivity index (χ3v) is 5.40. The Bertz CT molecular complexity index is 240. The van der Waals surface area contributed by atoms with Crippen LogP contribution in [0.2, 0.25) is 0 Å². The van der Waals surface area contributed by atoms with E-state index in [4.69, 9.17) is 0 Å². The van der Waals surface area contributed by atoms with Gasteiger partial charge in [-0.25, -0.2) is 0 Å². The van der Waals surface area contributed by atoms with Crippen LogP contribution < -0.4 is 0 Å². The molecule has 0 spiro atoms. The van der Waals surface area contributed by atoms with Crippen molar-refractivity contribution in [3.05, 3.63) is 12.2 Å². The van der Waals surface area contributed by atoms with Gasteiger partial charge in [0.2, 0.25) is 0 Å². The topological polar surface area (TPSA) is 0 Å². The normalized spacial score (nSPS) is 13.0. The molecule has 0 saturated heterocycles. The molecule has 0 aromatic heterocycles. The molecule has 0 heteroatoms. The number of hydrogen-bond donors (Lipinski definition) is 0. The van der Waals surface area contributed by atoms with Crippen LogP contribution in [0.25, 0.3) is 0 Å². The summed E-state index contributed by atoms with van der Waals surface area (Å²) in [6, 6.07) is 0. The van der Waals surface area contributed by atoms with Crippen LogP contribution in [-0.4, -0.2) is 0 Å². The summed E-state index contributed by atoms with van der Waals surface area (Å²) in [6.07, 6.45) is 30.4. The first kappa shape index (κ1) is 23.7. The Morgan fingerprint density at radius 2 is 1.00 bits per heavy atom. The van der Waals surface area contributed by atoms with Crippen molar-refractivity contribution < 1.29 is 0 Å². The first-order chi connectivity index (χ1) is 11.8. The summed E-state index contributed by atoms with van der Waals surface area (Å²) >= 11 is 0. The van der Waals surface area contributed by atoms with E-state index in [1.165, 1.54) is 116 Å². The third-order valence-electron chi connectivity index (χ3n) is 5.40. The molecule has 0 aromatic carbocycles. The van der Waals surface area contributed by atoms with Gasteiger partial charge >= 0.3 is 0 Å². The second kappa shape index (κ2) is 20.8. The van der Waals surface area contributed by atoms with E-state index in [1.807, 2.05) is 0 Å². The molecule has 1 unspecified atom stereocenters. The minimum absolute atomic E-state index is 1.01. The fraction of sp³-hybridized carbons (Fsp3) is 0.917. The van der Waals surface area contributed by atoms with Gasteiger partial charge in [0.05, 0.1) is 0 Å². The molecule has 0 saturated carbocycles. The molecule has 0 N–H and O–H groups in total. The van der Waals surface area contributed by atoms with Crippen molar-refractivity contribution in [2.24, 2.45) is 5.92 Å². The van der Waals surface area contributed by atoms with Gasteiger partial charge in [-0.1, -0.05) is 123 Å². The van der Waals surface area contributed by atoms with Crippen LogP contribution in [0.3, 0.4) is 0 Å². The van der Waals surface area contributed by atoms with Crippen LogP contribution >= 0.6 is 0 Å². The highest BCUT2D eigenvalue weighted by molar-refractivity contribution is 4.81. The lowest BCUT2D eigenvalue weighted by atomic mass is 9.94. The van der Waals surface area contributed by atoms with Crippen molar-refractivity contribution >= 4 is 0 Å². The maximum atomic E-state index is 2.43. The van der Waals surface area contributed by atoms with Crippen molar-refractivity contribution in [1.29, 1.82) is 0 Å². The van der Waals surface area contributed by atoms with Crippen molar-refractivity contribution in [2.45, 2.75) is 136 Å². The number of hydrogen-bond acceptors (Lipinski definition) is 0. The van der Waals surface area contributed by atoms with Gasteiger partial charge in [-0.3, -0.25) is 0 Å². The standard InChI is InChI=1S/C24H48/c1-4-7-8-9-10-11-12-13-14-15-16-17-18-19-20-21-23-24(6-3)22-5-2/h13-14,24H,4-12,15-23H2,1-3H3/b14-13-.